The van der Waals surface area contributed by atoms with Gasteiger partial charge in [0.25, 0.3) is 11.8 Å². The maximum absolute atomic E-state index is 13.1. The summed E-state index contributed by atoms with van der Waals surface area (Å²) in [4.78, 5) is 39.9. The van der Waals surface area contributed by atoms with Crippen LogP contribution in [0.3, 0.4) is 0 Å². The predicted molar refractivity (Wildman–Crippen MR) is 150 cm³/mol. The number of hydrogen-bond donors (Lipinski definition) is 7. The van der Waals surface area contributed by atoms with Crippen LogP contribution in [-0.4, -0.2) is 94.4 Å². The monoisotopic (exact) mass is 819 g/mol. The van der Waals surface area contributed by atoms with E-state index in [9.17, 15) is 29.7 Å². The summed E-state index contributed by atoms with van der Waals surface area (Å²) in [6.07, 6.45) is -2.83. The number of nitrogens with one attached hydrogen (secondary N) is 2. The highest BCUT2D eigenvalue weighted by Gasteiger charge is 2.32. The topological polar surface area (TPSA) is 180 Å². The summed E-state index contributed by atoms with van der Waals surface area (Å²) in [6, 6.07) is 0. The summed E-state index contributed by atoms with van der Waals surface area (Å²) in [5.74, 6) is -1.68. The first kappa shape index (κ1) is 31.6. The number of benzene rings is 1. The summed E-state index contributed by atoms with van der Waals surface area (Å²) >= 11 is 5.63. The van der Waals surface area contributed by atoms with Gasteiger partial charge >= 0.3 is 0 Å². The van der Waals surface area contributed by atoms with Crippen molar-refractivity contribution in [3.8, 4) is 0 Å². The summed E-state index contributed by atoms with van der Waals surface area (Å²) in [7, 11) is 0. The van der Waals surface area contributed by atoms with Gasteiger partial charge < -0.3 is 41.1 Å². The lowest BCUT2D eigenvalue weighted by molar-refractivity contribution is -0.116. The molecule has 11 nitrogen and oxygen atoms in total. The third-order valence-corrected chi connectivity index (χ3v) is 7.86. The standard InChI is InChI=1S/C20H28I3N3O8/c1-3-10(30)6-26(9(2)29)18-16(22)13(19(33)24-4-11(31)7-27)15(21)14(17(18)23)20(34)25-5-12(32)8-28/h10-12,27-28,30-32H,3-8H2,1-2H3,(H,24,33)(H,25,34). The number of anilines is 1. The minimum absolute atomic E-state index is 0.0625. The van der Waals surface area contributed by atoms with Crippen molar-refractivity contribution in [3.05, 3.63) is 21.8 Å². The lowest BCUT2D eigenvalue weighted by Gasteiger charge is -2.29. The predicted octanol–water partition coefficient (Wildman–Crippen LogP) is -0.210. The minimum atomic E-state index is -1.18. The second-order valence-electron chi connectivity index (χ2n) is 7.33. The van der Waals surface area contributed by atoms with E-state index in [2.05, 4.69) is 10.6 Å². The van der Waals surface area contributed by atoms with Crippen molar-refractivity contribution in [3.63, 3.8) is 0 Å². The van der Waals surface area contributed by atoms with Gasteiger partial charge in [-0.15, -0.1) is 0 Å². The van der Waals surface area contributed by atoms with E-state index in [-0.39, 0.29) is 40.0 Å². The Balaban J connectivity index is 3.73. The van der Waals surface area contributed by atoms with E-state index in [1.165, 1.54) is 11.8 Å². The number of carbonyl (C=O) groups is 3. The normalized spacial score (nSPS) is 13.7. The van der Waals surface area contributed by atoms with Gasteiger partial charge in [0.05, 0.1) is 62.0 Å². The second kappa shape index (κ2) is 15.0. The zero-order valence-corrected chi connectivity index (χ0v) is 25.0. The molecule has 3 amide bonds. The molecule has 0 bridgehead atoms. The van der Waals surface area contributed by atoms with Gasteiger partial charge in [0.2, 0.25) is 5.91 Å². The highest BCUT2D eigenvalue weighted by Crippen LogP contribution is 2.38. The van der Waals surface area contributed by atoms with Crippen LogP contribution < -0.4 is 15.5 Å². The molecule has 0 saturated heterocycles. The van der Waals surface area contributed by atoms with Crippen LogP contribution in [-0.2, 0) is 4.79 Å². The fourth-order valence-corrected chi connectivity index (χ4v) is 7.46. The number of halogens is 3. The van der Waals surface area contributed by atoms with Crippen molar-refractivity contribution >= 4 is 91.2 Å². The fraction of sp³-hybridized carbons (Fsp3) is 0.550. The van der Waals surface area contributed by atoms with Gasteiger partial charge in [-0.05, 0) is 74.2 Å². The molecule has 3 unspecified atom stereocenters. The summed E-state index contributed by atoms with van der Waals surface area (Å²) < 4.78 is 0.974. The van der Waals surface area contributed by atoms with Crippen molar-refractivity contribution in [2.24, 2.45) is 0 Å². The van der Waals surface area contributed by atoms with Gasteiger partial charge in [0.15, 0.2) is 0 Å². The number of rotatable bonds is 12. The second-order valence-corrected chi connectivity index (χ2v) is 10.6. The van der Waals surface area contributed by atoms with Crippen molar-refractivity contribution < 1.29 is 39.9 Å². The number of aliphatic hydroxyl groups is 5. The third-order valence-electron chi connectivity index (χ3n) is 4.68. The van der Waals surface area contributed by atoms with E-state index in [0.717, 1.165) is 0 Å². The Morgan fingerprint density at radius 3 is 1.56 bits per heavy atom. The van der Waals surface area contributed by atoms with E-state index >= 15 is 0 Å². The number of nitrogens with zero attached hydrogens (tertiary/aromatic N) is 1. The fourth-order valence-electron chi connectivity index (χ4n) is 2.73. The number of aliphatic hydroxyl groups excluding tert-OH is 5. The van der Waals surface area contributed by atoms with Crippen LogP contribution in [0.2, 0.25) is 0 Å². The SMILES string of the molecule is CCC(O)CN(C(C)=O)c1c(I)c(C(=O)NCC(O)CO)c(I)c(C(=O)NCC(O)CO)c1I. The molecular formula is C20H28I3N3O8. The van der Waals surface area contributed by atoms with Crippen molar-refractivity contribution in [2.75, 3.05) is 37.7 Å². The van der Waals surface area contributed by atoms with E-state index in [4.69, 9.17) is 10.2 Å². The number of hydrogen-bond acceptors (Lipinski definition) is 8. The molecule has 1 aromatic rings. The smallest absolute Gasteiger partial charge is 0.253 e. The zero-order valence-electron chi connectivity index (χ0n) is 18.5. The molecule has 34 heavy (non-hydrogen) atoms. The van der Waals surface area contributed by atoms with Crippen LogP contribution in [0.15, 0.2) is 0 Å². The summed E-state index contributed by atoms with van der Waals surface area (Å²) in [5, 5.41) is 52.5. The molecular weight excluding hydrogens is 791 g/mol. The van der Waals surface area contributed by atoms with E-state index in [1.807, 2.05) is 67.8 Å². The molecule has 0 aliphatic heterocycles. The van der Waals surface area contributed by atoms with Crippen molar-refractivity contribution in [1.82, 2.24) is 10.6 Å². The van der Waals surface area contributed by atoms with Crippen LogP contribution in [0.1, 0.15) is 41.0 Å². The maximum Gasteiger partial charge on any atom is 0.253 e. The van der Waals surface area contributed by atoms with Crippen LogP contribution >= 0.6 is 67.8 Å². The first-order valence-electron chi connectivity index (χ1n) is 10.2. The van der Waals surface area contributed by atoms with Gasteiger partial charge in [-0.2, -0.15) is 0 Å². The number of carbonyl (C=O) groups excluding carboxylic acids is 3. The first-order valence-corrected chi connectivity index (χ1v) is 13.4. The lowest BCUT2D eigenvalue weighted by Crippen LogP contribution is -2.40. The molecule has 1 rings (SSSR count). The molecule has 3 atom stereocenters. The van der Waals surface area contributed by atoms with Crippen molar-refractivity contribution in [2.45, 2.75) is 38.6 Å². The van der Waals surface area contributed by atoms with Crippen LogP contribution in [0, 0.1) is 10.7 Å². The highest BCUT2D eigenvalue weighted by molar-refractivity contribution is 14.1. The molecule has 0 aliphatic carbocycles. The molecule has 0 saturated carbocycles. The van der Waals surface area contributed by atoms with E-state index < -0.39 is 49.2 Å². The number of amides is 3. The lowest BCUT2D eigenvalue weighted by atomic mass is 10.1. The Kier molecular flexibility index (Phi) is 14.0. The van der Waals surface area contributed by atoms with Crippen LogP contribution in [0.5, 0.6) is 0 Å². The Bertz CT molecular complexity index is 849. The third kappa shape index (κ3) is 8.34. The summed E-state index contributed by atoms with van der Waals surface area (Å²) in [6.45, 7) is 1.41. The molecule has 0 heterocycles. The molecule has 1 aromatic carbocycles. The average molecular weight is 819 g/mol. The van der Waals surface area contributed by atoms with Gasteiger partial charge in [-0.1, -0.05) is 6.92 Å². The summed E-state index contributed by atoms with van der Waals surface area (Å²) in [5.41, 5.74) is 0.418. The molecule has 0 aliphatic rings. The molecule has 0 radical (unpaired) electrons. The average Bonchev–Trinajstić information content (AvgIpc) is 2.79. The molecule has 192 valence electrons. The van der Waals surface area contributed by atoms with Gasteiger partial charge in [0, 0.05) is 23.6 Å². The first-order chi connectivity index (χ1) is 15.9. The van der Waals surface area contributed by atoms with Gasteiger partial charge in [-0.3, -0.25) is 14.4 Å². The molecule has 7 N–H and O–H groups in total. The molecule has 0 aromatic heterocycles. The molecule has 0 fully saturated rings. The van der Waals surface area contributed by atoms with E-state index in [1.54, 1.807) is 6.92 Å². The maximum atomic E-state index is 13.1. The Morgan fingerprint density at radius 2 is 1.24 bits per heavy atom. The van der Waals surface area contributed by atoms with Crippen LogP contribution in [0.4, 0.5) is 5.69 Å². The molecule has 0 spiro atoms. The Morgan fingerprint density at radius 1 is 0.824 bits per heavy atom. The van der Waals surface area contributed by atoms with Crippen molar-refractivity contribution in [1.29, 1.82) is 0 Å². The highest BCUT2D eigenvalue weighted by atomic mass is 127. The van der Waals surface area contributed by atoms with Gasteiger partial charge in [0.1, 0.15) is 0 Å². The van der Waals surface area contributed by atoms with Gasteiger partial charge in [-0.25, -0.2) is 0 Å². The zero-order chi connectivity index (χ0) is 26.2. The van der Waals surface area contributed by atoms with E-state index in [0.29, 0.717) is 13.6 Å². The molecule has 14 heteroatoms. The largest absolute Gasteiger partial charge is 0.394 e. The van der Waals surface area contributed by atoms with Crippen LogP contribution in [0.25, 0.3) is 0 Å². The minimum Gasteiger partial charge on any atom is -0.394 e. The quantitative estimate of drug-likeness (QED) is 0.142. The Hall–Kier alpha value is -0.380. The Labute approximate surface area is 238 Å².